The highest BCUT2D eigenvalue weighted by molar-refractivity contribution is 6.07. The van der Waals surface area contributed by atoms with Gasteiger partial charge in [-0.1, -0.05) is 29.4 Å². The van der Waals surface area contributed by atoms with Gasteiger partial charge in [0.05, 0.1) is 30.5 Å². The van der Waals surface area contributed by atoms with Crippen LogP contribution in [0, 0.1) is 5.92 Å². The van der Waals surface area contributed by atoms with Gasteiger partial charge in [-0.25, -0.2) is 4.98 Å². The van der Waals surface area contributed by atoms with E-state index >= 15 is 0 Å². The van der Waals surface area contributed by atoms with E-state index in [0.29, 0.717) is 60.7 Å². The molecule has 2 bridgehead atoms. The third kappa shape index (κ3) is 5.29. The Labute approximate surface area is 264 Å². The summed E-state index contributed by atoms with van der Waals surface area (Å²) in [4.78, 5) is 48.8. The van der Waals surface area contributed by atoms with Gasteiger partial charge in [0.2, 0.25) is 17.3 Å². The minimum atomic E-state index is -0.520. The summed E-state index contributed by atoms with van der Waals surface area (Å²) in [6.45, 7) is 1.90. The Morgan fingerprint density at radius 2 is 1.80 bits per heavy atom. The molecule has 0 radical (unpaired) electrons. The fourth-order valence-corrected chi connectivity index (χ4v) is 6.57. The van der Waals surface area contributed by atoms with E-state index in [-0.39, 0.29) is 42.6 Å². The number of fused-ring (bicyclic) bond motifs is 6. The van der Waals surface area contributed by atoms with Gasteiger partial charge in [0.15, 0.2) is 11.5 Å². The second-order valence-corrected chi connectivity index (χ2v) is 11.7. The van der Waals surface area contributed by atoms with E-state index in [1.807, 2.05) is 60.3 Å². The zero-order valence-corrected chi connectivity index (χ0v) is 25.6. The van der Waals surface area contributed by atoms with Crippen LogP contribution in [0.1, 0.15) is 38.8 Å². The molecule has 7 rings (SSSR count). The molecule has 0 aliphatic carbocycles. The number of methoxy groups -OCH3 is 1. The molecular weight excluding hydrogens is 588 g/mol. The first-order valence-electron chi connectivity index (χ1n) is 15.3. The number of hydrogen-bond acceptors (Lipinski definition) is 8. The molecule has 46 heavy (non-hydrogen) atoms. The van der Waals surface area contributed by atoms with E-state index in [4.69, 9.17) is 14.0 Å². The van der Waals surface area contributed by atoms with Crippen LogP contribution in [-0.2, 0) is 11.8 Å². The van der Waals surface area contributed by atoms with E-state index < -0.39 is 5.92 Å². The lowest BCUT2D eigenvalue weighted by Crippen LogP contribution is -2.39. The molecule has 1 fully saturated rings. The van der Waals surface area contributed by atoms with Crippen molar-refractivity contribution in [2.45, 2.75) is 12.3 Å². The molecule has 2 aliphatic heterocycles. The summed E-state index contributed by atoms with van der Waals surface area (Å²) in [5.41, 5.74) is 2.80. The van der Waals surface area contributed by atoms with Gasteiger partial charge < -0.3 is 33.7 Å². The fraction of sp³-hybridized carbons (Fsp3) is 0.324. The number of carbonyl (C=O) groups is 3. The first-order valence-corrected chi connectivity index (χ1v) is 15.3. The van der Waals surface area contributed by atoms with Crippen molar-refractivity contribution in [3.8, 4) is 11.5 Å². The molecule has 2 atom stereocenters. The normalized spacial score (nSPS) is 19.0. The minimum absolute atomic E-state index is 0.0975. The molecular formula is C34H34N6O6. The van der Waals surface area contributed by atoms with Crippen molar-refractivity contribution in [3.63, 3.8) is 0 Å². The van der Waals surface area contributed by atoms with E-state index in [1.165, 1.54) is 0 Å². The Morgan fingerprint density at radius 3 is 2.67 bits per heavy atom. The quantitative estimate of drug-likeness (QED) is 0.323. The first-order chi connectivity index (χ1) is 22.4. The van der Waals surface area contributed by atoms with Crippen LogP contribution < -0.4 is 14.8 Å². The monoisotopic (exact) mass is 622 g/mol. The third-order valence-corrected chi connectivity index (χ3v) is 8.95. The highest BCUT2D eigenvalue weighted by Crippen LogP contribution is 2.38. The molecule has 2 aliphatic rings. The van der Waals surface area contributed by atoms with Crippen molar-refractivity contribution in [2.75, 3.05) is 46.4 Å². The maximum absolute atomic E-state index is 13.9. The Kier molecular flexibility index (Phi) is 7.77. The number of hydrogen-bond donors (Lipinski definition) is 1. The van der Waals surface area contributed by atoms with Crippen LogP contribution in [0.15, 0.2) is 71.5 Å². The topological polar surface area (TPSA) is 132 Å². The summed E-state index contributed by atoms with van der Waals surface area (Å²) in [7, 11) is 3.50. The maximum Gasteiger partial charge on any atom is 0.293 e. The number of aromatic nitrogens is 3. The standard InChI is InChI=1S/C34H34N6O6/c1-38-18-26(22-7-3-4-9-27(22)38)33(42)39-14-6-13-36-32(41)25-20-40(34(43)30-23-8-5-12-35-31(23)37-46-30)19-24(25)21-10-11-28(44-2)29(17-21)45-16-15-39/h3-5,7-12,17-18,24-25H,6,13-16,19-20H2,1-2H3,(H,36,41)/t24-,25+/m1/s1. The molecule has 5 heterocycles. The number of pyridine rings is 1. The number of para-hydroxylation sites is 1. The van der Waals surface area contributed by atoms with Crippen molar-refractivity contribution in [3.05, 3.63) is 83.9 Å². The molecule has 0 spiro atoms. The van der Waals surface area contributed by atoms with Crippen LogP contribution in [0.25, 0.3) is 21.9 Å². The number of amides is 3. The summed E-state index contributed by atoms with van der Waals surface area (Å²) in [6.07, 6.45) is 4.00. The minimum Gasteiger partial charge on any atom is -0.493 e. The predicted octanol–water partition coefficient (Wildman–Crippen LogP) is 3.62. The number of rotatable bonds is 3. The van der Waals surface area contributed by atoms with Crippen LogP contribution in [0.2, 0.25) is 0 Å². The Balaban J connectivity index is 1.16. The van der Waals surface area contributed by atoms with E-state index in [9.17, 15) is 14.4 Å². The van der Waals surface area contributed by atoms with Crippen LogP contribution in [0.3, 0.4) is 0 Å². The highest BCUT2D eigenvalue weighted by Gasteiger charge is 2.42. The van der Waals surface area contributed by atoms with Crippen LogP contribution in [-0.4, -0.2) is 88.7 Å². The van der Waals surface area contributed by atoms with Gasteiger partial charge in [0.1, 0.15) is 6.61 Å². The molecule has 236 valence electrons. The lowest BCUT2D eigenvalue weighted by atomic mass is 9.88. The Bertz CT molecular complexity index is 1950. The zero-order valence-electron chi connectivity index (χ0n) is 25.6. The molecule has 5 aromatic rings. The van der Waals surface area contributed by atoms with Gasteiger partial charge in [-0.15, -0.1) is 0 Å². The predicted molar refractivity (Wildman–Crippen MR) is 169 cm³/mol. The number of carbonyl (C=O) groups excluding carboxylic acids is 3. The van der Waals surface area contributed by atoms with E-state index in [2.05, 4.69) is 15.5 Å². The number of benzene rings is 2. The summed E-state index contributed by atoms with van der Waals surface area (Å²) in [5, 5.41) is 8.42. The van der Waals surface area contributed by atoms with Crippen molar-refractivity contribution >= 4 is 39.7 Å². The molecule has 0 saturated carbocycles. The lowest BCUT2D eigenvalue weighted by molar-refractivity contribution is -0.124. The van der Waals surface area contributed by atoms with E-state index in [0.717, 1.165) is 16.5 Å². The Morgan fingerprint density at radius 1 is 0.978 bits per heavy atom. The van der Waals surface area contributed by atoms with Crippen molar-refractivity contribution in [1.29, 1.82) is 0 Å². The second-order valence-electron chi connectivity index (χ2n) is 11.7. The number of likely N-dealkylation sites (tertiary alicyclic amines) is 1. The highest BCUT2D eigenvalue weighted by atomic mass is 16.5. The van der Waals surface area contributed by atoms with Gasteiger partial charge in [0, 0.05) is 62.4 Å². The molecule has 12 nitrogen and oxygen atoms in total. The van der Waals surface area contributed by atoms with Gasteiger partial charge >= 0.3 is 0 Å². The van der Waals surface area contributed by atoms with Crippen LogP contribution in [0.4, 0.5) is 0 Å². The summed E-state index contributed by atoms with van der Waals surface area (Å²) in [6, 6.07) is 16.9. The molecule has 2 aromatic carbocycles. The zero-order chi connectivity index (χ0) is 31.8. The van der Waals surface area contributed by atoms with Gasteiger partial charge in [0.25, 0.3) is 11.8 Å². The summed E-state index contributed by atoms with van der Waals surface area (Å²) >= 11 is 0. The van der Waals surface area contributed by atoms with Crippen LogP contribution in [0.5, 0.6) is 11.5 Å². The largest absolute Gasteiger partial charge is 0.493 e. The second kappa shape index (κ2) is 12.2. The lowest BCUT2D eigenvalue weighted by Gasteiger charge is -2.25. The maximum atomic E-state index is 13.9. The number of ether oxygens (including phenoxy) is 2. The molecule has 12 heteroatoms. The van der Waals surface area contributed by atoms with Crippen molar-refractivity contribution < 1.29 is 28.4 Å². The van der Waals surface area contributed by atoms with Gasteiger partial charge in [-0.05, 0) is 42.3 Å². The number of nitrogens with zero attached hydrogens (tertiary/aromatic N) is 5. The van der Waals surface area contributed by atoms with Crippen molar-refractivity contribution in [1.82, 2.24) is 29.8 Å². The van der Waals surface area contributed by atoms with Gasteiger partial charge in [-0.3, -0.25) is 14.4 Å². The Hall–Kier alpha value is -5.39. The van der Waals surface area contributed by atoms with E-state index in [1.54, 1.807) is 35.2 Å². The third-order valence-electron chi connectivity index (χ3n) is 8.95. The van der Waals surface area contributed by atoms with Crippen molar-refractivity contribution in [2.24, 2.45) is 13.0 Å². The number of aryl methyl sites for hydroxylation is 1. The molecule has 1 N–H and O–H groups in total. The molecule has 0 unspecified atom stereocenters. The SMILES string of the molecule is COc1ccc2cc1OCCN(C(=O)c1cn(C)c3ccccc13)CCCNC(=O)[C@H]1CN(C(=O)c3onc4ncccc34)C[C@H]21. The summed E-state index contributed by atoms with van der Waals surface area (Å²) < 4.78 is 19.2. The molecule has 3 aromatic heterocycles. The first kappa shape index (κ1) is 29.3. The van der Waals surface area contributed by atoms with Gasteiger partial charge in [-0.2, -0.15) is 0 Å². The molecule has 3 amide bonds. The van der Waals surface area contributed by atoms with Crippen LogP contribution >= 0.6 is 0 Å². The average Bonchev–Trinajstić information content (AvgIpc) is 3.81. The molecule has 1 saturated heterocycles. The smallest absolute Gasteiger partial charge is 0.293 e. The fourth-order valence-electron chi connectivity index (χ4n) is 6.57. The summed E-state index contributed by atoms with van der Waals surface area (Å²) in [5.74, 6) is -0.275. The number of nitrogens with one attached hydrogen (secondary N) is 1. The average molecular weight is 623 g/mol.